The fraction of sp³-hybridized carbons (Fsp3) is 0.0667. The summed E-state index contributed by atoms with van der Waals surface area (Å²) in [5, 5.41) is 10.8. The Morgan fingerprint density at radius 3 is 2.30 bits per heavy atom. The molecule has 4 nitrogen and oxygen atoms in total. The molecule has 0 heterocycles. The van der Waals surface area contributed by atoms with Gasteiger partial charge in [-0.3, -0.25) is 4.79 Å². The first-order chi connectivity index (χ1) is 10.7. The molecular formula is C15H9F4NO3. The zero-order valence-electron chi connectivity index (χ0n) is 11.3. The van der Waals surface area contributed by atoms with Gasteiger partial charge in [-0.25, -0.2) is 9.18 Å². The van der Waals surface area contributed by atoms with E-state index in [1.807, 2.05) is 5.32 Å². The summed E-state index contributed by atoms with van der Waals surface area (Å²) < 4.78 is 52.2. The molecular weight excluding hydrogens is 318 g/mol. The Kier molecular flexibility index (Phi) is 4.35. The number of nitrogens with one attached hydrogen (secondary N) is 1. The molecule has 0 fully saturated rings. The molecule has 2 N–H and O–H groups in total. The van der Waals surface area contributed by atoms with Crippen molar-refractivity contribution < 1.29 is 32.3 Å². The number of aromatic carboxylic acids is 1. The lowest BCUT2D eigenvalue weighted by Gasteiger charge is -2.13. The maximum Gasteiger partial charge on any atom is 0.417 e. The third kappa shape index (κ3) is 3.65. The van der Waals surface area contributed by atoms with Crippen LogP contribution in [0, 0.1) is 5.82 Å². The minimum absolute atomic E-state index is 0.314. The quantitative estimate of drug-likeness (QED) is 0.843. The molecule has 2 rings (SSSR count). The van der Waals surface area contributed by atoms with Gasteiger partial charge in [0.15, 0.2) is 0 Å². The van der Waals surface area contributed by atoms with Crippen LogP contribution < -0.4 is 5.32 Å². The largest absolute Gasteiger partial charge is 0.478 e. The van der Waals surface area contributed by atoms with E-state index in [-0.39, 0.29) is 5.56 Å². The van der Waals surface area contributed by atoms with Crippen molar-refractivity contribution in [1.82, 2.24) is 0 Å². The summed E-state index contributed by atoms with van der Waals surface area (Å²) in [5.74, 6) is -3.52. The van der Waals surface area contributed by atoms with Gasteiger partial charge in [0, 0.05) is 0 Å². The Morgan fingerprint density at radius 1 is 1.04 bits per heavy atom. The van der Waals surface area contributed by atoms with Crippen LogP contribution in [0.4, 0.5) is 23.2 Å². The van der Waals surface area contributed by atoms with Gasteiger partial charge < -0.3 is 10.4 Å². The van der Waals surface area contributed by atoms with E-state index >= 15 is 0 Å². The lowest BCUT2D eigenvalue weighted by atomic mass is 10.1. The molecule has 2 aromatic rings. The Bertz CT molecular complexity index is 772. The molecule has 0 spiro atoms. The van der Waals surface area contributed by atoms with Crippen LogP contribution in [-0.4, -0.2) is 17.0 Å². The second-order valence-electron chi connectivity index (χ2n) is 4.50. The van der Waals surface area contributed by atoms with Crippen molar-refractivity contribution in [2.24, 2.45) is 0 Å². The molecule has 0 radical (unpaired) electrons. The second-order valence-corrected chi connectivity index (χ2v) is 4.50. The lowest BCUT2D eigenvalue weighted by molar-refractivity contribution is -0.137. The molecule has 0 bridgehead atoms. The number of anilines is 1. The van der Waals surface area contributed by atoms with Crippen LogP contribution in [0.2, 0.25) is 0 Å². The summed E-state index contributed by atoms with van der Waals surface area (Å²) >= 11 is 0. The van der Waals surface area contributed by atoms with Gasteiger partial charge in [0.1, 0.15) is 5.82 Å². The molecule has 0 saturated heterocycles. The highest BCUT2D eigenvalue weighted by molar-refractivity contribution is 6.06. The molecule has 0 aromatic heterocycles. The Hall–Kier alpha value is -2.90. The molecule has 23 heavy (non-hydrogen) atoms. The molecule has 0 atom stereocenters. The fourth-order valence-electron chi connectivity index (χ4n) is 1.87. The molecule has 2 aromatic carbocycles. The maximum atomic E-state index is 13.6. The summed E-state index contributed by atoms with van der Waals surface area (Å²) in [6.45, 7) is 0. The number of carbonyl (C=O) groups is 2. The topological polar surface area (TPSA) is 66.4 Å². The van der Waals surface area contributed by atoms with E-state index < -0.39 is 40.7 Å². The van der Waals surface area contributed by atoms with Crippen molar-refractivity contribution in [2.75, 3.05) is 5.32 Å². The minimum atomic E-state index is -4.75. The van der Waals surface area contributed by atoms with Crippen molar-refractivity contribution in [1.29, 1.82) is 0 Å². The van der Waals surface area contributed by atoms with Gasteiger partial charge in [0.05, 0.1) is 22.4 Å². The van der Waals surface area contributed by atoms with E-state index in [1.165, 1.54) is 6.07 Å². The van der Waals surface area contributed by atoms with Crippen LogP contribution in [-0.2, 0) is 6.18 Å². The summed E-state index contributed by atoms with van der Waals surface area (Å²) in [7, 11) is 0. The van der Waals surface area contributed by atoms with E-state index in [2.05, 4.69) is 0 Å². The molecule has 0 aliphatic rings. The molecule has 0 saturated carbocycles. The number of carboxylic acids is 1. The van der Waals surface area contributed by atoms with E-state index in [0.717, 1.165) is 36.4 Å². The molecule has 1 amide bonds. The van der Waals surface area contributed by atoms with Crippen molar-refractivity contribution in [3.05, 3.63) is 65.0 Å². The number of hydrogen-bond acceptors (Lipinski definition) is 2. The SMILES string of the molecule is O=C(O)c1ccc(F)c(NC(=O)c2ccccc2C(F)(F)F)c1. The molecule has 0 aliphatic heterocycles. The fourth-order valence-corrected chi connectivity index (χ4v) is 1.87. The first-order valence-electron chi connectivity index (χ1n) is 6.20. The number of carboxylic acid groups (broad SMARTS) is 1. The van der Waals surface area contributed by atoms with Crippen molar-refractivity contribution in [3.8, 4) is 0 Å². The van der Waals surface area contributed by atoms with Gasteiger partial charge >= 0.3 is 12.1 Å². The number of hydrogen-bond donors (Lipinski definition) is 2. The zero-order chi connectivity index (χ0) is 17.2. The molecule has 0 aliphatic carbocycles. The summed E-state index contributed by atoms with van der Waals surface area (Å²) in [5.41, 5.74) is -2.70. The maximum absolute atomic E-state index is 13.6. The van der Waals surface area contributed by atoms with Gasteiger partial charge in [-0.1, -0.05) is 12.1 Å². The first-order valence-corrected chi connectivity index (χ1v) is 6.20. The van der Waals surface area contributed by atoms with Gasteiger partial charge in [-0.2, -0.15) is 13.2 Å². The second kappa shape index (κ2) is 6.07. The van der Waals surface area contributed by atoms with Crippen LogP contribution >= 0.6 is 0 Å². The summed E-state index contributed by atoms with van der Waals surface area (Å²) in [6.07, 6.45) is -4.75. The van der Waals surface area contributed by atoms with Gasteiger partial charge in [0.25, 0.3) is 5.91 Å². The summed E-state index contributed by atoms with van der Waals surface area (Å²) in [6, 6.07) is 6.60. The predicted octanol–water partition coefficient (Wildman–Crippen LogP) is 3.80. The number of benzene rings is 2. The average molecular weight is 327 g/mol. The number of halogens is 4. The lowest BCUT2D eigenvalue weighted by Crippen LogP contribution is -2.19. The molecule has 120 valence electrons. The van der Waals surface area contributed by atoms with E-state index in [4.69, 9.17) is 5.11 Å². The number of carbonyl (C=O) groups excluding carboxylic acids is 1. The average Bonchev–Trinajstić information content (AvgIpc) is 2.48. The van der Waals surface area contributed by atoms with Crippen molar-refractivity contribution >= 4 is 17.6 Å². The van der Waals surface area contributed by atoms with Crippen LogP contribution in [0.15, 0.2) is 42.5 Å². The van der Waals surface area contributed by atoms with Gasteiger partial charge in [-0.15, -0.1) is 0 Å². The Labute approximate surface area is 127 Å². The highest BCUT2D eigenvalue weighted by atomic mass is 19.4. The van der Waals surface area contributed by atoms with Gasteiger partial charge in [0.2, 0.25) is 0 Å². The van der Waals surface area contributed by atoms with E-state index in [1.54, 1.807) is 0 Å². The predicted molar refractivity (Wildman–Crippen MR) is 72.8 cm³/mol. The monoisotopic (exact) mass is 327 g/mol. The Balaban J connectivity index is 2.38. The zero-order valence-corrected chi connectivity index (χ0v) is 11.3. The van der Waals surface area contributed by atoms with E-state index in [9.17, 15) is 27.2 Å². The smallest absolute Gasteiger partial charge is 0.417 e. The third-order valence-corrected chi connectivity index (χ3v) is 2.94. The van der Waals surface area contributed by atoms with Crippen LogP contribution in [0.5, 0.6) is 0 Å². The highest BCUT2D eigenvalue weighted by Crippen LogP contribution is 2.32. The van der Waals surface area contributed by atoms with Crippen LogP contribution in [0.1, 0.15) is 26.3 Å². The third-order valence-electron chi connectivity index (χ3n) is 2.94. The number of rotatable bonds is 3. The highest BCUT2D eigenvalue weighted by Gasteiger charge is 2.34. The van der Waals surface area contributed by atoms with Crippen LogP contribution in [0.3, 0.4) is 0 Å². The van der Waals surface area contributed by atoms with E-state index in [0.29, 0.717) is 0 Å². The normalized spacial score (nSPS) is 11.1. The summed E-state index contributed by atoms with van der Waals surface area (Å²) in [4.78, 5) is 22.8. The standard InChI is InChI=1S/C15H9F4NO3/c16-11-6-5-8(14(22)23)7-12(11)20-13(21)9-3-1-2-4-10(9)15(17,18)19/h1-7H,(H,20,21)(H,22,23). The number of alkyl halides is 3. The molecule has 8 heteroatoms. The first kappa shape index (κ1) is 16.5. The minimum Gasteiger partial charge on any atom is -0.478 e. The Morgan fingerprint density at radius 2 is 1.70 bits per heavy atom. The van der Waals surface area contributed by atoms with Crippen LogP contribution in [0.25, 0.3) is 0 Å². The van der Waals surface area contributed by atoms with Gasteiger partial charge in [-0.05, 0) is 30.3 Å². The molecule has 0 unspecified atom stereocenters. The van der Waals surface area contributed by atoms with Crippen molar-refractivity contribution in [2.45, 2.75) is 6.18 Å². The van der Waals surface area contributed by atoms with Crippen molar-refractivity contribution in [3.63, 3.8) is 0 Å². The number of amides is 1.